The minimum atomic E-state index is -1.21. The van der Waals surface area contributed by atoms with Crippen molar-refractivity contribution in [2.75, 3.05) is 7.11 Å². The normalized spacial score (nSPS) is 13.3. The molecule has 0 bridgehead atoms. The fraction of sp³-hybridized carbons (Fsp3) is 0.350. The molecule has 28 heavy (non-hydrogen) atoms. The van der Waals surface area contributed by atoms with Crippen LogP contribution in [0, 0.1) is 10.1 Å². The lowest BCUT2D eigenvalue weighted by Crippen LogP contribution is -2.39. The molecule has 2 aromatic rings. The van der Waals surface area contributed by atoms with Gasteiger partial charge in [0.05, 0.1) is 11.6 Å². The van der Waals surface area contributed by atoms with Gasteiger partial charge >= 0.3 is 6.09 Å². The van der Waals surface area contributed by atoms with E-state index in [4.69, 9.17) is 9.47 Å². The highest BCUT2D eigenvalue weighted by molar-refractivity contribution is 9.10. The lowest BCUT2D eigenvalue weighted by atomic mass is 9.93. The number of carbonyl (C=O) groups excluding carboxylic acids is 1. The number of methoxy groups -OCH3 is 1. The van der Waals surface area contributed by atoms with Crippen LogP contribution in [0.25, 0.3) is 0 Å². The average molecular weight is 451 g/mol. The van der Waals surface area contributed by atoms with Gasteiger partial charge in [-0.05, 0) is 54.4 Å². The molecular weight excluding hydrogens is 428 g/mol. The van der Waals surface area contributed by atoms with Gasteiger partial charge in [0.2, 0.25) is 0 Å². The van der Waals surface area contributed by atoms with E-state index in [9.17, 15) is 14.9 Å². The molecule has 0 aromatic heterocycles. The molecule has 0 radical (unpaired) electrons. The summed E-state index contributed by atoms with van der Waals surface area (Å²) < 4.78 is 11.3. The Balaban J connectivity index is 2.51. The first kappa shape index (κ1) is 21.7. The molecule has 0 saturated heterocycles. The zero-order valence-electron chi connectivity index (χ0n) is 16.1. The van der Waals surface area contributed by atoms with Crippen molar-refractivity contribution in [3.63, 3.8) is 0 Å². The zero-order valence-corrected chi connectivity index (χ0v) is 17.7. The zero-order chi connectivity index (χ0) is 20.9. The molecule has 0 fully saturated rings. The van der Waals surface area contributed by atoms with Gasteiger partial charge in [-0.1, -0.05) is 36.4 Å². The Hall–Kier alpha value is -2.61. The van der Waals surface area contributed by atoms with Crippen LogP contribution in [0.5, 0.6) is 5.75 Å². The van der Waals surface area contributed by atoms with Crippen molar-refractivity contribution in [1.82, 2.24) is 5.32 Å². The number of carbonyl (C=O) groups is 1. The van der Waals surface area contributed by atoms with E-state index in [1.807, 2.05) is 0 Å². The van der Waals surface area contributed by atoms with Crippen LogP contribution in [0.2, 0.25) is 0 Å². The number of nitrogens with one attached hydrogen (secondary N) is 1. The highest BCUT2D eigenvalue weighted by Crippen LogP contribution is 2.35. The number of hydrogen-bond donors (Lipinski definition) is 1. The highest BCUT2D eigenvalue weighted by Gasteiger charge is 2.37. The second kappa shape index (κ2) is 9.05. The Morgan fingerprint density at radius 1 is 1.14 bits per heavy atom. The molecule has 0 aliphatic carbocycles. The van der Waals surface area contributed by atoms with Gasteiger partial charge in [0, 0.05) is 10.5 Å². The molecule has 7 nitrogen and oxygen atoms in total. The van der Waals surface area contributed by atoms with E-state index in [2.05, 4.69) is 21.2 Å². The third kappa shape index (κ3) is 5.69. The van der Waals surface area contributed by atoms with Crippen molar-refractivity contribution < 1.29 is 19.2 Å². The predicted octanol–water partition coefficient (Wildman–Crippen LogP) is 5.04. The minimum absolute atomic E-state index is 0.411. The molecule has 0 unspecified atom stereocenters. The second-order valence-corrected chi connectivity index (χ2v) is 8.01. The van der Waals surface area contributed by atoms with Gasteiger partial charge in [-0.2, -0.15) is 0 Å². The van der Waals surface area contributed by atoms with E-state index in [0.29, 0.717) is 21.3 Å². The van der Waals surface area contributed by atoms with Gasteiger partial charge in [-0.3, -0.25) is 10.1 Å². The fourth-order valence-corrected chi connectivity index (χ4v) is 3.14. The monoisotopic (exact) mass is 450 g/mol. The largest absolute Gasteiger partial charge is 0.496 e. The van der Waals surface area contributed by atoms with Crippen molar-refractivity contribution in [3.05, 3.63) is 74.2 Å². The summed E-state index contributed by atoms with van der Waals surface area (Å²) in [5.41, 5.74) is 0.259. The second-order valence-electron chi connectivity index (χ2n) is 7.16. The van der Waals surface area contributed by atoms with Crippen LogP contribution in [-0.2, 0) is 4.74 Å². The average Bonchev–Trinajstić information content (AvgIpc) is 2.60. The standard InChI is InChI=1S/C20H23BrN2O5/c1-20(2,3)28-19(24)22-17(14-10-11-15(21)16(12-14)27-4)18(23(25)26)13-8-6-5-7-9-13/h5-12,17-18H,1-4H3,(H,22,24)/t17-,18+/m1/s1. The Kier molecular flexibility index (Phi) is 7.01. The van der Waals surface area contributed by atoms with E-state index in [1.165, 1.54) is 7.11 Å². The third-order valence-electron chi connectivity index (χ3n) is 3.89. The fourth-order valence-electron chi connectivity index (χ4n) is 2.74. The van der Waals surface area contributed by atoms with Gasteiger partial charge in [0.15, 0.2) is 0 Å². The van der Waals surface area contributed by atoms with Crippen LogP contribution in [0.15, 0.2) is 53.0 Å². The summed E-state index contributed by atoms with van der Waals surface area (Å²) in [4.78, 5) is 24.0. The molecule has 2 rings (SSSR count). The molecule has 0 heterocycles. The number of amides is 1. The van der Waals surface area contributed by atoms with Crippen LogP contribution in [-0.4, -0.2) is 23.7 Å². The molecule has 0 saturated carbocycles. The molecule has 1 amide bonds. The van der Waals surface area contributed by atoms with Crippen LogP contribution >= 0.6 is 15.9 Å². The van der Waals surface area contributed by atoms with E-state index in [0.717, 1.165) is 0 Å². The summed E-state index contributed by atoms with van der Waals surface area (Å²) in [5.74, 6) is 0.503. The quantitative estimate of drug-likeness (QED) is 0.491. The summed E-state index contributed by atoms with van der Waals surface area (Å²) in [6, 6.07) is 11.4. The van der Waals surface area contributed by atoms with E-state index in [-0.39, 0.29) is 0 Å². The molecule has 0 aliphatic heterocycles. The number of hydrogen-bond acceptors (Lipinski definition) is 5. The molecule has 0 spiro atoms. The molecule has 2 atom stereocenters. The van der Waals surface area contributed by atoms with Crippen molar-refractivity contribution in [2.24, 2.45) is 0 Å². The van der Waals surface area contributed by atoms with Crippen LogP contribution in [0.4, 0.5) is 4.79 Å². The van der Waals surface area contributed by atoms with E-state index < -0.39 is 28.7 Å². The van der Waals surface area contributed by atoms with Gasteiger partial charge in [-0.25, -0.2) is 4.79 Å². The van der Waals surface area contributed by atoms with Crippen LogP contribution < -0.4 is 10.1 Å². The van der Waals surface area contributed by atoms with E-state index in [1.54, 1.807) is 69.3 Å². The number of benzene rings is 2. The van der Waals surface area contributed by atoms with Crippen molar-refractivity contribution in [3.8, 4) is 5.75 Å². The number of rotatable bonds is 6. The number of nitrogens with zero attached hydrogens (tertiary/aromatic N) is 1. The predicted molar refractivity (Wildman–Crippen MR) is 109 cm³/mol. The number of ether oxygens (including phenoxy) is 2. The Morgan fingerprint density at radius 3 is 2.32 bits per heavy atom. The first-order valence-electron chi connectivity index (χ1n) is 8.64. The maximum Gasteiger partial charge on any atom is 0.408 e. The summed E-state index contributed by atoms with van der Waals surface area (Å²) >= 11 is 3.37. The number of nitro groups is 1. The molecule has 150 valence electrons. The summed E-state index contributed by atoms with van der Waals surface area (Å²) in [6.45, 7) is 5.19. The smallest absolute Gasteiger partial charge is 0.408 e. The lowest BCUT2D eigenvalue weighted by Gasteiger charge is -2.26. The summed E-state index contributed by atoms with van der Waals surface area (Å²) in [6.07, 6.45) is -0.734. The Bertz CT molecular complexity index is 836. The highest BCUT2D eigenvalue weighted by atomic mass is 79.9. The Morgan fingerprint density at radius 2 is 1.79 bits per heavy atom. The number of halogens is 1. The third-order valence-corrected chi connectivity index (χ3v) is 4.55. The minimum Gasteiger partial charge on any atom is -0.496 e. The Labute approximate surface area is 172 Å². The van der Waals surface area contributed by atoms with Gasteiger partial charge in [0.1, 0.15) is 17.4 Å². The summed E-state index contributed by atoms with van der Waals surface area (Å²) in [7, 11) is 1.50. The number of alkyl carbamates (subject to hydrolysis) is 1. The SMILES string of the molecule is COc1cc([C@@H](NC(=O)OC(C)(C)C)[C@H](c2ccccc2)[N+](=O)[O-])ccc1Br. The van der Waals surface area contributed by atoms with Gasteiger partial charge in [-0.15, -0.1) is 0 Å². The lowest BCUT2D eigenvalue weighted by molar-refractivity contribution is -0.534. The molecule has 1 N–H and O–H groups in total. The first-order chi connectivity index (χ1) is 13.1. The van der Waals surface area contributed by atoms with Crippen LogP contribution in [0.3, 0.4) is 0 Å². The molecule has 0 aliphatic rings. The topological polar surface area (TPSA) is 90.7 Å². The molecular formula is C20H23BrN2O5. The van der Waals surface area contributed by atoms with E-state index >= 15 is 0 Å². The summed E-state index contributed by atoms with van der Waals surface area (Å²) in [5, 5.41) is 14.6. The first-order valence-corrected chi connectivity index (χ1v) is 9.43. The molecule has 2 aromatic carbocycles. The maximum atomic E-state index is 12.4. The van der Waals surface area contributed by atoms with Gasteiger partial charge < -0.3 is 14.8 Å². The maximum absolute atomic E-state index is 12.4. The molecule has 8 heteroatoms. The van der Waals surface area contributed by atoms with Crippen LogP contribution in [0.1, 0.15) is 44.0 Å². The van der Waals surface area contributed by atoms with Crippen molar-refractivity contribution >= 4 is 22.0 Å². The van der Waals surface area contributed by atoms with Crippen molar-refractivity contribution in [1.29, 1.82) is 0 Å². The van der Waals surface area contributed by atoms with Gasteiger partial charge in [0.25, 0.3) is 6.04 Å². The van der Waals surface area contributed by atoms with Crippen molar-refractivity contribution in [2.45, 2.75) is 38.5 Å².